The Morgan fingerprint density at radius 2 is 0.839 bits per heavy atom. The third-order valence-electron chi connectivity index (χ3n) is 5.03. The summed E-state index contributed by atoms with van der Waals surface area (Å²) in [7, 11) is -1.91. The molecule has 31 heavy (non-hydrogen) atoms. The molecule has 0 N–H and O–H groups in total. The van der Waals surface area contributed by atoms with Gasteiger partial charge in [0.1, 0.15) is 28.5 Å². The maximum Gasteiger partial charge on any atom is 0.144 e. The molecule has 4 aromatic rings. The Bertz CT molecular complexity index is 886. The van der Waals surface area contributed by atoms with E-state index < -0.39 is 13.2 Å². The van der Waals surface area contributed by atoms with E-state index >= 15 is 0 Å². The molecule has 0 aliphatic rings. The van der Waals surface area contributed by atoms with Crippen LogP contribution in [0.5, 0.6) is 0 Å². The molecular weight excluding hydrogens is 399 g/mol. The van der Waals surface area contributed by atoms with Crippen LogP contribution >= 0.6 is 7.26 Å². The first-order valence-corrected chi connectivity index (χ1v) is 12.3. The van der Waals surface area contributed by atoms with E-state index in [9.17, 15) is 9.90 Å². The molecule has 0 aliphatic heterocycles. The highest BCUT2D eigenvalue weighted by Gasteiger charge is 2.47. The number of rotatable bonds is 6. The molecule has 2 nitrogen and oxygen atoms in total. The van der Waals surface area contributed by atoms with Crippen LogP contribution in [0, 0.1) is 0 Å². The second-order valence-electron chi connectivity index (χ2n) is 7.14. The first-order chi connectivity index (χ1) is 15.2. The van der Waals surface area contributed by atoms with E-state index in [1.165, 1.54) is 21.2 Å². The van der Waals surface area contributed by atoms with Crippen LogP contribution < -0.4 is 26.3 Å². The van der Waals surface area contributed by atoms with Gasteiger partial charge < -0.3 is 9.90 Å². The molecule has 0 amide bonds. The number of hydrogen-bond acceptors (Lipinski definition) is 2. The summed E-state index contributed by atoms with van der Waals surface area (Å²) < 4.78 is 0. The molecule has 156 valence electrons. The highest BCUT2D eigenvalue weighted by atomic mass is 31.2. The predicted octanol–water partition coefficient (Wildman–Crippen LogP) is 3.84. The van der Waals surface area contributed by atoms with E-state index in [0.29, 0.717) is 6.42 Å². The second-order valence-corrected chi connectivity index (χ2v) is 10.5. The van der Waals surface area contributed by atoms with Crippen LogP contribution in [-0.4, -0.2) is 5.97 Å². The van der Waals surface area contributed by atoms with Gasteiger partial charge in [-0.05, 0) is 55.0 Å². The number of carboxylic acids is 1. The normalized spacial score (nSPS) is 10.6. The molecule has 0 spiro atoms. The van der Waals surface area contributed by atoms with Crippen molar-refractivity contribution in [2.75, 3.05) is 0 Å². The van der Waals surface area contributed by atoms with Crippen molar-refractivity contribution >= 4 is 34.4 Å². The van der Waals surface area contributed by atoms with Gasteiger partial charge in [0, 0.05) is 5.97 Å². The fourth-order valence-corrected chi connectivity index (χ4v) is 7.97. The van der Waals surface area contributed by atoms with Crippen LogP contribution in [0.1, 0.15) is 19.8 Å². The van der Waals surface area contributed by atoms with Gasteiger partial charge in [-0.1, -0.05) is 86.1 Å². The molecule has 4 aromatic carbocycles. The average Bonchev–Trinajstić information content (AvgIpc) is 2.83. The summed E-state index contributed by atoms with van der Waals surface area (Å²) in [6, 6.07) is 43.8. The fourth-order valence-electron chi connectivity index (χ4n) is 3.70. The van der Waals surface area contributed by atoms with Crippen LogP contribution in [0.25, 0.3) is 0 Å². The molecule has 3 heteroatoms. The number of carbonyl (C=O) groups is 1. The van der Waals surface area contributed by atoms with E-state index in [2.05, 4.69) is 121 Å². The van der Waals surface area contributed by atoms with Gasteiger partial charge in [0.05, 0.1) is 0 Å². The van der Waals surface area contributed by atoms with Gasteiger partial charge in [0.25, 0.3) is 0 Å². The van der Waals surface area contributed by atoms with E-state index in [1.54, 1.807) is 6.92 Å². The summed E-state index contributed by atoms with van der Waals surface area (Å²) >= 11 is 0. The lowest BCUT2D eigenvalue weighted by atomic mass is 10.3. The highest BCUT2D eigenvalue weighted by molar-refractivity contribution is 8.01. The molecule has 4 rings (SSSR count). The van der Waals surface area contributed by atoms with Gasteiger partial charge >= 0.3 is 0 Å². The minimum atomic E-state index is -1.91. The van der Waals surface area contributed by atoms with Crippen LogP contribution in [0.3, 0.4) is 0 Å². The van der Waals surface area contributed by atoms with E-state index in [1.807, 2.05) is 0 Å². The van der Waals surface area contributed by atoms with Crippen molar-refractivity contribution in [1.29, 1.82) is 0 Å². The lowest BCUT2D eigenvalue weighted by Crippen LogP contribution is -2.38. The Morgan fingerprint density at radius 1 is 0.581 bits per heavy atom. The van der Waals surface area contributed by atoms with Gasteiger partial charge in [-0.3, -0.25) is 0 Å². The number of benzene rings is 4. The smallest absolute Gasteiger partial charge is 0.144 e. The topological polar surface area (TPSA) is 40.1 Å². The molecule has 0 aromatic heterocycles. The first-order valence-electron chi connectivity index (χ1n) is 10.5. The highest BCUT2D eigenvalue weighted by Crippen LogP contribution is 2.53. The minimum Gasteiger partial charge on any atom is -0.550 e. The molecular formula is C28H27O2P. The molecule has 0 unspecified atom stereocenters. The molecule has 0 aliphatic carbocycles. The van der Waals surface area contributed by atoms with Crippen LogP contribution in [0.15, 0.2) is 121 Å². The maximum absolute atomic E-state index is 9.49. The molecule has 0 bridgehead atoms. The quantitative estimate of drug-likeness (QED) is 0.440. The van der Waals surface area contributed by atoms with Gasteiger partial charge in [-0.2, -0.15) is 0 Å². The van der Waals surface area contributed by atoms with E-state index in [4.69, 9.17) is 0 Å². The summed E-state index contributed by atoms with van der Waals surface area (Å²) in [6.07, 6.45) is 0.850. The Hall–Kier alpha value is -3.22. The van der Waals surface area contributed by atoms with Crippen LogP contribution in [0.2, 0.25) is 0 Å². The van der Waals surface area contributed by atoms with Gasteiger partial charge in [0.15, 0.2) is 0 Å². The largest absolute Gasteiger partial charge is 0.550 e. The van der Waals surface area contributed by atoms with Gasteiger partial charge in [-0.15, -0.1) is 0 Å². The number of carbonyl (C=O) groups excluding carboxylic acids is 1. The van der Waals surface area contributed by atoms with Gasteiger partial charge in [-0.25, -0.2) is 0 Å². The van der Waals surface area contributed by atoms with E-state index in [0.717, 1.165) is 0 Å². The van der Waals surface area contributed by atoms with Crippen molar-refractivity contribution in [3.05, 3.63) is 121 Å². The third-order valence-corrected chi connectivity index (χ3v) is 9.32. The molecule has 0 atom stereocenters. The zero-order valence-electron chi connectivity index (χ0n) is 17.7. The Morgan fingerprint density at radius 3 is 1.00 bits per heavy atom. The monoisotopic (exact) mass is 426 g/mol. The van der Waals surface area contributed by atoms with Crippen molar-refractivity contribution in [3.8, 4) is 0 Å². The molecule has 0 heterocycles. The van der Waals surface area contributed by atoms with Crippen molar-refractivity contribution in [1.82, 2.24) is 0 Å². The lowest BCUT2D eigenvalue weighted by Gasteiger charge is -2.27. The molecule has 0 radical (unpaired) electrons. The minimum absolute atomic E-state index is 0.181. The summed E-state index contributed by atoms with van der Waals surface area (Å²) in [5.74, 6) is -0.961. The van der Waals surface area contributed by atoms with Crippen LogP contribution in [-0.2, 0) is 4.79 Å². The Balaban J connectivity index is 0.000000401. The van der Waals surface area contributed by atoms with Gasteiger partial charge in [0.2, 0.25) is 0 Å². The molecule has 0 saturated carbocycles. The first kappa shape index (κ1) is 22.5. The third kappa shape index (κ3) is 5.29. The Labute approximate surface area is 185 Å². The number of aliphatic carboxylic acids is 1. The zero-order chi connectivity index (χ0) is 21.9. The van der Waals surface area contributed by atoms with Crippen molar-refractivity contribution < 1.29 is 9.90 Å². The SMILES string of the molecule is CCCC(=O)[O-].c1ccc([P+](c2ccccc2)(c2ccccc2)c2ccccc2)cc1. The molecule has 0 fully saturated rings. The summed E-state index contributed by atoms with van der Waals surface area (Å²) in [5, 5.41) is 15.0. The summed E-state index contributed by atoms with van der Waals surface area (Å²) in [4.78, 5) is 9.49. The number of carboxylic acid groups (broad SMARTS) is 1. The summed E-state index contributed by atoms with van der Waals surface area (Å²) in [6.45, 7) is 1.80. The Kier molecular flexibility index (Phi) is 8.15. The van der Waals surface area contributed by atoms with Crippen molar-refractivity contribution in [2.45, 2.75) is 19.8 Å². The average molecular weight is 426 g/mol. The second kappa shape index (κ2) is 11.2. The number of hydrogen-bond donors (Lipinski definition) is 0. The zero-order valence-corrected chi connectivity index (χ0v) is 18.6. The lowest BCUT2D eigenvalue weighted by molar-refractivity contribution is -0.305. The summed E-state index contributed by atoms with van der Waals surface area (Å²) in [5.41, 5.74) is 0. The van der Waals surface area contributed by atoms with Crippen molar-refractivity contribution in [3.63, 3.8) is 0 Å². The van der Waals surface area contributed by atoms with E-state index in [-0.39, 0.29) is 6.42 Å². The fraction of sp³-hybridized carbons (Fsp3) is 0.107. The standard InChI is InChI=1S/C24H20P.C4H8O2/c1-5-13-21(14-6-1)25(22-15-7-2-8-16-22,23-17-9-3-10-18-23)24-19-11-4-12-20-24;1-2-3-4(5)6/h1-20H;2-3H2,1H3,(H,5,6)/q+1;/p-1. The van der Waals surface area contributed by atoms with Crippen molar-refractivity contribution in [2.24, 2.45) is 0 Å². The maximum atomic E-state index is 9.49. The van der Waals surface area contributed by atoms with Crippen LogP contribution in [0.4, 0.5) is 0 Å². The molecule has 0 saturated heterocycles. The predicted molar refractivity (Wildman–Crippen MR) is 131 cm³/mol.